The van der Waals surface area contributed by atoms with Gasteiger partial charge in [0.25, 0.3) is 5.91 Å². The van der Waals surface area contributed by atoms with Crippen LogP contribution in [0.1, 0.15) is 54.9 Å². The van der Waals surface area contributed by atoms with Gasteiger partial charge in [-0.15, -0.1) is 0 Å². The molecule has 0 aromatic heterocycles. The molecule has 6 rings (SSSR count). The van der Waals surface area contributed by atoms with Crippen LogP contribution in [0.4, 0.5) is 0 Å². The van der Waals surface area contributed by atoms with Crippen LogP contribution in [0.3, 0.4) is 0 Å². The molecule has 0 radical (unpaired) electrons. The number of nitrogens with zero attached hydrogens (tertiary/aromatic N) is 1. The normalized spacial score (nSPS) is 27.1. The van der Waals surface area contributed by atoms with Crippen molar-refractivity contribution in [3.8, 4) is 5.75 Å². The largest absolute Gasteiger partial charge is 0.427 e. The van der Waals surface area contributed by atoms with E-state index >= 15 is 0 Å². The highest BCUT2D eigenvalue weighted by molar-refractivity contribution is 5.98. The molecule has 39 heavy (non-hydrogen) atoms. The lowest BCUT2D eigenvalue weighted by molar-refractivity contribution is -0.131. The first-order valence-electron chi connectivity index (χ1n) is 14.3. The molecule has 2 saturated carbocycles. The highest BCUT2D eigenvalue weighted by Gasteiger charge is 2.53. The Hall–Kier alpha value is -3.22. The summed E-state index contributed by atoms with van der Waals surface area (Å²) >= 11 is 0. The van der Waals surface area contributed by atoms with Crippen LogP contribution in [0, 0.1) is 11.8 Å². The fourth-order valence-electron chi connectivity index (χ4n) is 7.09. The van der Waals surface area contributed by atoms with Crippen LogP contribution in [0.25, 0.3) is 10.8 Å². The number of hydrogen-bond donors (Lipinski definition) is 1. The summed E-state index contributed by atoms with van der Waals surface area (Å²) in [6.45, 7) is 4.60. The third-order valence-corrected chi connectivity index (χ3v) is 9.15. The van der Waals surface area contributed by atoms with Crippen molar-refractivity contribution >= 4 is 22.6 Å². The van der Waals surface area contributed by atoms with Crippen LogP contribution in [0.2, 0.25) is 0 Å². The first-order chi connectivity index (χ1) is 18.9. The van der Waals surface area contributed by atoms with Gasteiger partial charge in [0.2, 0.25) is 0 Å². The van der Waals surface area contributed by atoms with Crippen molar-refractivity contribution in [2.45, 2.75) is 56.6 Å². The fraction of sp³-hybridized carbons (Fsp3) is 0.455. The van der Waals surface area contributed by atoms with Crippen LogP contribution < -0.4 is 10.1 Å². The summed E-state index contributed by atoms with van der Waals surface area (Å²) < 4.78 is 11.7. The molecule has 1 aliphatic heterocycles. The number of carbonyl (C=O) groups is 2. The van der Waals surface area contributed by atoms with Crippen molar-refractivity contribution in [1.82, 2.24) is 10.2 Å². The van der Waals surface area contributed by atoms with Crippen LogP contribution >= 0.6 is 0 Å². The maximum Gasteiger partial charge on any atom is 0.308 e. The molecule has 1 amide bonds. The Balaban J connectivity index is 1.30. The number of likely N-dealkylation sites (tertiary alicyclic amines) is 1. The minimum Gasteiger partial charge on any atom is -0.427 e. The molecule has 6 nitrogen and oxygen atoms in total. The van der Waals surface area contributed by atoms with Crippen molar-refractivity contribution in [3.63, 3.8) is 0 Å². The average molecular weight is 527 g/mol. The van der Waals surface area contributed by atoms with Gasteiger partial charge in [-0.3, -0.25) is 9.59 Å². The maximum absolute atomic E-state index is 13.5. The van der Waals surface area contributed by atoms with Crippen molar-refractivity contribution in [1.29, 1.82) is 0 Å². The summed E-state index contributed by atoms with van der Waals surface area (Å²) in [4.78, 5) is 27.8. The van der Waals surface area contributed by atoms with Gasteiger partial charge < -0.3 is 19.7 Å². The van der Waals surface area contributed by atoms with E-state index in [-0.39, 0.29) is 35.4 Å². The van der Waals surface area contributed by atoms with Gasteiger partial charge >= 0.3 is 5.97 Å². The van der Waals surface area contributed by atoms with Crippen molar-refractivity contribution in [2.75, 3.05) is 26.7 Å². The smallest absolute Gasteiger partial charge is 0.308 e. The number of fused-ring (bicyclic) bond motifs is 2. The number of hydrogen-bond acceptors (Lipinski definition) is 5. The topological polar surface area (TPSA) is 67.9 Å². The molecule has 6 heteroatoms. The van der Waals surface area contributed by atoms with Crippen LogP contribution in [-0.2, 0) is 14.9 Å². The molecule has 3 fully saturated rings. The number of benzene rings is 3. The highest BCUT2D eigenvalue weighted by atomic mass is 16.5. The van der Waals surface area contributed by atoms with Gasteiger partial charge in [0, 0.05) is 50.1 Å². The molecular weight excluding hydrogens is 488 g/mol. The third kappa shape index (κ3) is 5.45. The molecule has 0 bridgehead atoms. The zero-order valence-corrected chi connectivity index (χ0v) is 22.9. The van der Waals surface area contributed by atoms with Gasteiger partial charge in [-0.25, -0.2) is 0 Å². The quantitative estimate of drug-likeness (QED) is 0.332. The highest BCUT2D eigenvalue weighted by Crippen LogP contribution is 2.51. The SMILES string of the molecule is COC1C[C@@H](NC(=O)c2ccc3ccccc3c2)C[C@]2(c3cccc(OC(C)=O)c3)CCN(CC3CC3)C[C@@H]12. The number of ether oxygens (including phenoxy) is 2. The van der Waals surface area contributed by atoms with E-state index < -0.39 is 0 Å². The first kappa shape index (κ1) is 26.0. The number of methoxy groups -OCH3 is 1. The van der Waals surface area contributed by atoms with E-state index in [4.69, 9.17) is 9.47 Å². The molecule has 3 aliphatic rings. The molecule has 3 aromatic carbocycles. The van der Waals surface area contributed by atoms with Crippen LogP contribution in [0.15, 0.2) is 66.7 Å². The van der Waals surface area contributed by atoms with E-state index in [1.165, 1.54) is 31.9 Å². The standard InChI is InChI=1S/C33H38N2O4/c1-22(36)39-29-9-5-8-27(17-29)33-14-15-35(20-23-10-11-23)21-30(33)31(38-2)18-28(19-33)34-32(37)26-13-12-24-6-3-4-7-25(24)16-26/h3-9,12-13,16-17,23,28,30-31H,10-11,14-15,18-21H2,1-2H3,(H,34,37)/t28-,30+,31?,33+/m1/s1. The first-order valence-corrected chi connectivity index (χ1v) is 14.3. The minimum absolute atomic E-state index is 0.0139. The van der Waals surface area contributed by atoms with E-state index in [1.54, 1.807) is 7.11 Å². The molecule has 1 unspecified atom stereocenters. The number of nitrogens with one attached hydrogen (secondary N) is 1. The second-order valence-electron chi connectivity index (χ2n) is 11.8. The Bertz CT molecular complexity index is 1370. The summed E-state index contributed by atoms with van der Waals surface area (Å²) in [5.41, 5.74) is 1.66. The fourth-order valence-corrected chi connectivity index (χ4v) is 7.09. The van der Waals surface area contributed by atoms with E-state index in [0.29, 0.717) is 11.3 Å². The van der Waals surface area contributed by atoms with E-state index in [9.17, 15) is 9.59 Å². The molecule has 4 atom stereocenters. The zero-order valence-electron chi connectivity index (χ0n) is 22.9. The molecule has 2 aliphatic carbocycles. The molecule has 1 N–H and O–H groups in total. The van der Waals surface area contributed by atoms with Gasteiger partial charge in [0.1, 0.15) is 5.75 Å². The number of carbonyl (C=O) groups excluding carboxylic acids is 2. The lowest BCUT2D eigenvalue weighted by atomic mass is 9.57. The predicted octanol–water partition coefficient (Wildman–Crippen LogP) is 5.34. The van der Waals surface area contributed by atoms with Gasteiger partial charge in [-0.1, -0.05) is 42.5 Å². The summed E-state index contributed by atoms with van der Waals surface area (Å²) in [6, 6.07) is 22.0. The monoisotopic (exact) mass is 526 g/mol. The van der Waals surface area contributed by atoms with E-state index in [0.717, 1.165) is 49.0 Å². The third-order valence-electron chi connectivity index (χ3n) is 9.15. The molecule has 3 aromatic rings. The average Bonchev–Trinajstić information content (AvgIpc) is 3.76. The Labute approximate surface area is 230 Å². The Morgan fingerprint density at radius 2 is 1.85 bits per heavy atom. The Morgan fingerprint density at radius 3 is 2.62 bits per heavy atom. The van der Waals surface area contributed by atoms with Crippen molar-refractivity contribution in [3.05, 3.63) is 77.9 Å². The summed E-state index contributed by atoms with van der Waals surface area (Å²) in [5.74, 6) is 1.33. The van der Waals surface area contributed by atoms with Gasteiger partial charge in [0.05, 0.1) is 6.10 Å². The lowest BCUT2D eigenvalue weighted by Gasteiger charge is -2.55. The van der Waals surface area contributed by atoms with Crippen molar-refractivity contribution < 1.29 is 19.1 Å². The van der Waals surface area contributed by atoms with Crippen molar-refractivity contribution in [2.24, 2.45) is 11.8 Å². The number of amides is 1. The Morgan fingerprint density at radius 1 is 1.03 bits per heavy atom. The molecule has 0 spiro atoms. The number of piperidine rings is 1. The maximum atomic E-state index is 13.5. The second-order valence-corrected chi connectivity index (χ2v) is 11.8. The number of rotatable bonds is 7. The number of esters is 1. The van der Waals surface area contributed by atoms with Gasteiger partial charge in [-0.05, 0) is 85.2 Å². The van der Waals surface area contributed by atoms with E-state index in [2.05, 4.69) is 22.3 Å². The predicted molar refractivity (Wildman–Crippen MR) is 152 cm³/mol. The molecule has 1 heterocycles. The summed E-state index contributed by atoms with van der Waals surface area (Å²) in [5, 5.41) is 5.56. The minimum atomic E-state index is -0.320. The van der Waals surface area contributed by atoms with Crippen LogP contribution in [0.5, 0.6) is 5.75 Å². The Kier molecular flexibility index (Phi) is 7.17. The summed E-state index contributed by atoms with van der Waals surface area (Å²) in [7, 11) is 1.80. The van der Waals surface area contributed by atoms with Crippen LogP contribution in [-0.4, -0.2) is 55.7 Å². The van der Waals surface area contributed by atoms with Gasteiger partial charge in [-0.2, -0.15) is 0 Å². The summed E-state index contributed by atoms with van der Waals surface area (Å²) in [6.07, 6.45) is 5.29. The molecule has 204 valence electrons. The lowest BCUT2D eigenvalue weighted by Crippen LogP contribution is -2.61. The molecular formula is C33H38N2O4. The molecule has 1 saturated heterocycles. The zero-order chi connectivity index (χ0) is 27.0. The van der Waals surface area contributed by atoms with E-state index in [1.807, 2.05) is 54.6 Å². The van der Waals surface area contributed by atoms with Gasteiger partial charge in [0.15, 0.2) is 0 Å². The second kappa shape index (κ2) is 10.7.